The monoisotopic (exact) mass is 240 g/mol. The van der Waals surface area contributed by atoms with Crippen LogP contribution in [0.15, 0.2) is 28.7 Å². The standard InChI is InChI=1S/C10H13BrN2/c11-9-4-2-1-3-8(9)10-7-12-5-6-13-10/h1-4,10,12-13H,5-7H2. The highest BCUT2D eigenvalue weighted by Gasteiger charge is 2.15. The van der Waals surface area contributed by atoms with Gasteiger partial charge in [0.15, 0.2) is 0 Å². The van der Waals surface area contributed by atoms with Crippen LogP contribution in [0.4, 0.5) is 0 Å². The lowest BCUT2D eigenvalue weighted by molar-refractivity contribution is 0.429. The topological polar surface area (TPSA) is 24.1 Å². The second kappa shape index (κ2) is 4.22. The second-order valence-corrected chi connectivity index (χ2v) is 4.09. The van der Waals surface area contributed by atoms with Gasteiger partial charge in [-0.3, -0.25) is 0 Å². The molecule has 1 fully saturated rings. The van der Waals surface area contributed by atoms with Crippen molar-refractivity contribution in [2.75, 3.05) is 19.6 Å². The van der Waals surface area contributed by atoms with Crippen molar-refractivity contribution in [3.05, 3.63) is 34.3 Å². The number of nitrogens with one attached hydrogen (secondary N) is 2. The molecule has 1 unspecified atom stereocenters. The van der Waals surface area contributed by atoms with Gasteiger partial charge in [0.25, 0.3) is 0 Å². The van der Waals surface area contributed by atoms with Gasteiger partial charge in [-0.1, -0.05) is 34.1 Å². The van der Waals surface area contributed by atoms with E-state index in [1.807, 2.05) is 6.07 Å². The van der Waals surface area contributed by atoms with Gasteiger partial charge in [-0.15, -0.1) is 0 Å². The van der Waals surface area contributed by atoms with Gasteiger partial charge >= 0.3 is 0 Å². The van der Waals surface area contributed by atoms with E-state index in [9.17, 15) is 0 Å². The predicted molar refractivity (Wildman–Crippen MR) is 57.8 cm³/mol. The SMILES string of the molecule is Brc1ccccc1C1CNCCN1. The van der Waals surface area contributed by atoms with E-state index < -0.39 is 0 Å². The summed E-state index contributed by atoms with van der Waals surface area (Å²) in [6.45, 7) is 3.13. The number of halogens is 1. The summed E-state index contributed by atoms with van der Waals surface area (Å²) in [6.07, 6.45) is 0. The predicted octanol–water partition coefficient (Wildman–Crippen LogP) is 1.68. The van der Waals surface area contributed by atoms with Crippen molar-refractivity contribution in [3.63, 3.8) is 0 Å². The third kappa shape index (κ3) is 2.10. The van der Waals surface area contributed by atoms with E-state index in [0.717, 1.165) is 19.6 Å². The molecule has 1 aromatic rings. The van der Waals surface area contributed by atoms with Crippen LogP contribution in [0, 0.1) is 0 Å². The highest BCUT2D eigenvalue weighted by atomic mass is 79.9. The molecule has 0 radical (unpaired) electrons. The van der Waals surface area contributed by atoms with Crippen molar-refractivity contribution in [1.29, 1.82) is 0 Å². The molecular weight excluding hydrogens is 228 g/mol. The van der Waals surface area contributed by atoms with E-state index in [0.29, 0.717) is 6.04 Å². The normalized spacial score (nSPS) is 23.0. The van der Waals surface area contributed by atoms with Crippen molar-refractivity contribution in [1.82, 2.24) is 10.6 Å². The molecule has 0 aliphatic carbocycles. The molecule has 0 aromatic heterocycles. The van der Waals surface area contributed by atoms with Gasteiger partial charge in [0.05, 0.1) is 0 Å². The van der Waals surface area contributed by atoms with Crippen LogP contribution < -0.4 is 10.6 Å². The number of hydrogen-bond donors (Lipinski definition) is 2. The van der Waals surface area contributed by atoms with Crippen LogP contribution in [-0.4, -0.2) is 19.6 Å². The minimum absolute atomic E-state index is 0.448. The third-order valence-corrected chi connectivity index (χ3v) is 3.04. The average Bonchev–Trinajstić information content (AvgIpc) is 2.20. The molecule has 0 amide bonds. The van der Waals surface area contributed by atoms with Gasteiger partial charge in [0, 0.05) is 30.1 Å². The molecule has 3 heteroatoms. The van der Waals surface area contributed by atoms with E-state index in [1.54, 1.807) is 0 Å². The van der Waals surface area contributed by atoms with E-state index in [-0.39, 0.29) is 0 Å². The van der Waals surface area contributed by atoms with Crippen molar-refractivity contribution in [3.8, 4) is 0 Å². The van der Waals surface area contributed by atoms with Crippen molar-refractivity contribution in [2.45, 2.75) is 6.04 Å². The Bertz CT molecular complexity index is 282. The first-order chi connectivity index (χ1) is 6.38. The molecule has 1 saturated heterocycles. The fourth-order valence-corrected chi connectivity index (χ4v) is 2.19. The maximum absolute atomic E-state index is 3.56. The fraction of sp³-hybridized carbons (Fsp3) is 0.400. The zero-order chi connectivity index (χ0) is 9.10. The van der Waals surface area contributed by atoms with Crippen molar-refractivity contribution >= 4 is 15.9 Å². The molecule has 2 N–H and O–H groups in total. The second-order valence-electron chi connectivity index (χ2n) is 3.23. The lowest BCUT2D eigenvalue weighted by Crippen LogP contribution is -2.42. The van der Waals surface area contributed by atoms with Crippen molar-refractivity contribution < 1.29 is 0 Å². The molecule has 1 heterocycles. The summed E-state index contributed by atoms with van der Waals surface area (Å²) in [5.74, 6) is 0. The molecule has 0 saturated carbocycles. The van der Waals surface area contributed by atoms with E-state index in [4.69, 9.17) is 0 Å². The Morgan fingerprint density at radius 1 is 1.23 bits per heavy atom. The zero-order valence-electron chi connectivity index (χ0n) is 7.39. The van der Waals surface area contributed by atoms with E-state index in [1.165, 1.54) is 10.0 Å². The summed E-state index contributed by atoms with van der Waals surface area (Å²) in [5, 5.41) is 6.86. The number of rotatable bonds is 1. The first-order valence-corrected chi connectivity index (χ1v) is 5.36. The van der Waals surface area contributed by atoms with Crippen LogP contribution in [0.3, 0.4) is 0 Å². The first kappa shape index (κ1) is 9.19. The van der Waals surface area contributed by atoms with Crippen LogP contribution in [-0.2, 0) is 0 Å². The van der Waals surface area contributed by atoms with Crippen LogP contribution >= 0.6 is 15.9 Å². The molecule has 1 atom stereocenters. The van der Waals surface area contributed by atoms with Crippen LogP contribution in [0.25, 0.3) is 0 Å². The minimum Gasteiger partial charge on any atom is -0.314 e. The molecule has 2 rings (SSSR count). The van der Waals surface area contributed by atoms with Gasteiger partial charge in [-0.25, -0.2) is 0 Å². The molecule has 1 aliphatic heterocycles. The fourth-order valence-electron chi connectivity index (χ4n) is 1.63. The van der Waals surface area contributed by atoms with Crippen LogP contribution in [0.2, 0.25) is 0 Å². The zero-order valence-corrected chi connectivity index (χ0v) is 8.97. The van der Waals surface area contributed by atoms with E-state index >= 15 is 0 Å². The molecular formula is C10H13BrN2. The molecule has 0 bridgehead atoms. The van der Waals surface area contributed by atoms with Gasteiger partial charge in [-0.2, -0.15) is 0 Å². The Hall–Kier alpha value is -0.380. The van der Waals surface area contributed by atoms with Gasteiger partial charge in [0.1, 0.15) is 0 Å². The number of benzene rings is 1. The minimum atomic E-state index is 0.448. The molecule has 1 aliphatic rings. The molecule has 1 aromatic carbocycles. The maximum Gasteiger partial charge on any atom is 0.0458 e. The molecule has 0 spiro atoms. The Labute approximate surface area is 86.9 Å². The summed E-state index contributed by atoms with van der Waals surface area (Å²) in [4.78, 5) is 0. The largest absolute Gasteiger partial charge is 0.314 e. The highest BCUT2D eigenvalue weighted by Crippen LogP contribution is 2.23. The molecule has 2 nitrogen and oxygen atoms in total. The number of piperazine rings is 1. The Kier molecular flexibility index (Phi) is 2.98. The van der Waals surface area contributed by atoms with Gasteiger partial charge < -0.3 is 10.6 Å². The lowest BCUT2D eigenvalue weighted by atomic mass is 10.1. The van der Waals surface area contributed by atoms with Crippen LogP contribution in [0.5, 0.6) is 0 Å². The smallest absolute Gasteiger partial charge is 0.0458 e. The van der Waals surface area contributed by atoms with Gasteiger partial charge in [-0.05, 0) is 11.6 Å². The Morgan fingerprint density at radius 2 is 2.08 bits per heavy atom. The summed E-state index contributed by atoms with van der Waals surface area (Å²) in [6, 6.07) is 8.82. The third-order valence-electron chi connectivity index (χ3n) is 2.32. The maximum atomic E-state index is 3.56. The molecule has 70 valence electrons. The van der Waals surface area contributed by atoms with E-state index in [2.05, 4.69) is 44.8 Å². The van der Waals surface area contributed by atoms with Crippen molar-refractivity contribution in [2.24, 2.45) is 0 Å². The lowest BCUT2D eigenvalue weighted by Gasteiger charge is -2.25. The summed E-state index contributed by atoms with van der Waals surface area (Å²) in [5.41, 5.74) is 1.34. The number of hydrogen-bond acceptors (Lipinski definition) is 2. The van der Waals surface area contributed by atoms with Gasteiger partial charge in [0.2, 0.25) is 0 Å². The average molecular weight is 241 g/mol. The Balaban J connectivity index is 2.18. The summed E-state index contributed by atoms with van der Waals surface area (Å²) in [7, 11) is 0. The van der Waals surface area contributed by atoms with Crippen LogP contribution in [0.1, 0.15) is 11.6 Å². The summed E-state index contributed by atoms with van der Waals surface area (Å²) >= 11 is 3.56. The Morgan fingerprint density at radius 3 is 2.77 bits per heavy atom. The first-order valence-electron chi connectivity index (χ1n) is 4.56. The summed E-state index contributed by atoms with van der Waals surface area (Å²) < 4.78 is 1.19. The highest BCUT2D eigenvalue weighted by molar-refractivity contribution is 9.10. The molecule has 13 heavy (non-hydrogen) atoms. The quantitative estimate of drug-likeness (QED) is 0.781.